The molecule has 0 fully saturated rings. The molecule has 4 aromatic heterocycles. The summed E-state index contributed by atoms with van der Waals surface area (Å²) < 4.78 is 29.0. The molecule has 34 heavy (non-hydrogen) atoms. The molecule has 0 radical (unpaired) electrons. The molecule has 4 aromatic rings. The molecule has 0 aliphatic heterocycles. The van der Waals surface area contributed by atoms with Crippen LogP contribution in [0.5, 0.6) is 11.8 Å². The largest absolute Gasteiger partial charge is 0.477 e. The summed E-state index contributed by atoms with van der Waals surface area (Å²) >= 11 is 0. The van der Waals surface area contributed by atoms with Crippen LogP contribution in [0.25, 0.3) is 11.7 Å². The molecule has 0 amide bonds. The molecule has 0 unspecified atom stereocenters. The average molecular weight is 466 g/mol. The van der Waals surface area contributed by atoms with Crippen molar-refractivity contribution in [3.8, 4) is 23.4 Å². The fourth-order valence-corrected chi connectivity index (χ4v) is 3.26. The molecule has 10 nitrogen and oxygen atoms in total. The SMILES string of the molecule is CCOC(=O)Cc1cn(Cc2ccc(OCc3nc(-c4ccco4)oc3C)nc2)nc1OCC. The normalized spacial score (nSPS) is 10.9. The van der Waals surface area contributed by atoms with Crippen molar-refractivity contribution in [1.29, 1.82) is 0 Å². The second kappa shape index (κ2) is 10.7. The molecule has 178 valence electrons. The maximum atomic E-state index is 11.9. The van der Waals surface area contributed by atoms with Gasteiger partial charge in [-0.15, -0.1) is 5.10 Å². The van der Waals surface area contributed by atoms with E-state index in [0.29, 0.717) is 60.2 Å². The number of ether oxygens (including phenoxy) is 3. The van der Waals surface area contributed by atoms with Crippen molar-refractivity contribution in [2.75, 3.05) is 13.2 Å². The Morgan fingerprint density at radius 3 is 2.74 bits per heavy atom. The number of aryl methyl sites for hydroxylation is 1. The number of hydrogen-bond acceptors (Lipinski definition) is 9. The van der Waals surface area contributed by atoms with Gasteiger partial charge in [0.25, 0.3) is 5.89 Å². The number of aromatic nitrogens is 4. The fraction of sp³-hybridized carbons (Fsp3) is 0.333. The van der Waals surface area contributed by atoms with E-state index in [9.17, 15) is 4.79 Å². The number of nitrogens with zero attached hydrogens (tertiary/aromatic N) is 4. The number of esters is 1. The van der Waals surface area contributed by atoms with Gasteiger partial charge in [-0.1, -0.05) is 6.07 Å². The van der Waals surface area contributed by atoms with E-state index in [1.807, 2.05) is 19.9 Å². The van der Waals surface area contributed by atoms with Crippen LogP contribution in [0.1, 0.15) is 36.4 Å². The Bertz CT molecular complexity index is 1210. The highest BCUT2D eigenvalue weighted by Gasteiger charge is 2.16. The third-order valence-electron chi connectivity index (χ3n) is 4.84. The van der Waals surface area contributed by atoms with Gasteiger partial charge in [-0.05, 0) is 38.5 Å². The van der Waals surface area contributed by atoms with Gasteiger partial charge in [-0.25, -0.2) is 9.97 Å². The Labute approximate surface area is 196 Å². The number of oxazole rings is 1. The van der Waals surface area contributed by atoms with Gasteiger partial charge in [-0.3, -0.25) is 9.48 Å². The zero-order chi connectivity index (χ0) is 23.9. The molecule has 10 heteroatoms. The highest BCUT2D eigenvalue weighted by atomic mass is 16.5. The van der Waals surface area contributed by atoms with Crippen LogP contribution in [0.15, 0.2) is 51.8 Å². The minimum atomic E-state index is -0.315. The quantitative estimate of drug-likeness (QED) is 0.303. The lowest BCUT2D eigenvalue weighted by Gasteiger charge is -2.05. The first kappa shape index (κ1) is 23.1. The van der Waals surface area contributed by atoms with Crippen LogP contribution in [0.4, 0.5) is 0 Å². The van der Waals surface area contributed by atoms with Crippen LogP contribution in [-0.4, -0.2) is 38.9 Å². The van der Waals surface area contributed by atoms with E-state index in [2.05, 4.69) is 15.1 Å². The first-order chi connectivity index (χ1) is 16.6. The molecule has 0 saturated carbocycles. The molecular formula is C24H26N4O6. The number of carbonyl (C=O) groups is 1. The maximum Gasteiger partial charge on any atom is 0.310 e. The highest BCUT2D eigenvalue weighted by molar-refractivity contribution is 5.73. The lowest BCUT2D eigenvalue weighted by atomic mass is 10.2. The van der Waals surface area contributed by atoms with E-state index in [4.69, 9.17) is 23.0 Å². The summed E-state index contributed by atoms with van der Waals surface area (Å²) in [5, 5.41) is 4.44. The van der Waals surface area contributed by atoms with E-state index < -0.39 is 0 Å². The van der Waals surface area contributed by atoms with Gasteiger partial charge in [0.05, 0.1) is 32.4 Å². The summed E-state index contributed by atoms with van der Waals surface area (Å²) in [6.45, 7) is 6.93. The van der Waals surface area contributed by atoms with Crippen molar-refractivity contribution in [2.24, 2.45) is 0 Å². The molecule has 0 atom stereocenters. The summed E-state index contributed by atoms with van der Waals surface area (Å²) in [6, 6.07) is 7.25. The Balaban J connectivity index is 1.37. The van der Waals surface area contributed by atoms with Crippen LogP contribution in [0.2, 0.25) is 0 Å². The summed E-state index contributed by atoms with van der Waals surface area (Å²) in [5.41, 5.74) is 2.27. The standard InChI is InChI=1S/C24H26N4O6/c1-4-30-22(29)11-18-14-28(27-23(18)31-5-2)13-17-8-9-21(25-12-17)33-15-19-16(3)34-24(26-19)20-7-6-10-32-20/h6-10,12,14H,4-5,11,13,15H2,1-3H3. The molecule has 0 aliphatic carbocycles. The maximum absolute atomic E-state index is 11.9. The second-order valence-electron chi connectivity index (χ2n) is 7.36. The van der Waals surface area contributed by atoms with Gasteiger partial charge < -0.3 is 23.0 Å². The summed E-state index contributed by atoms with van der Waals surface area (Å²) in [4.78, 5) is 20.7. The van der Waals surface area contributed by atoms with Crippen molar-refractivity contribution in [1.82, 2.24) is 19.7 Å². The Morgan fingerprint density at radius 2 is 2.03 bits per heavy atom. The predicted octanol–water partition coefficient (Wildman–Crippen LogP) is 3.97. The molecule has 0 aliphatic rings. The molecule has 0 N–H and O–H groups in total. The molecule has 0 spiro atoms. The number of rotatable bonds is 11. The lowest BCUT2D eigenvalue weighted by Crippen LogP contribution is -2.08. The fourth-order valence-electron chi connectivity index (χ4n) is 3.26. The molecule has 0 aromatic carbocycles. The number of hydrogen-bond donors (Lipinski definition) is 0. The Hall–Kier alpha value is -4.08. The zero-order valence-corrected chi connectivity index (χ0v) is 19.3. The molecule has 4 rings (SSSR count). The van der Waals surface area contributed by atoms with Crippen LogP contribution < -0.4 is 9.47 Å². The monoisotopic (exact) mass is 466 g/mol. The molecular weight excluding hydrogens is 440 g/mol. The van der Waals surface area contributed by atoms with Crippen LogP contribution in [-0.2, 0) is 29.1 Å². The summed E-state index contributed by atoms with van der Waals surface area (Å²) in [7, 11) is 0. The summed E-state index contributed by atoms with van der Waals surface area (Å²) in [6.07, 6.45) is 5.18. The van der Waals surface area contributed by atoms with E-state index >= 15 is 0 Å². The summed E-state index contributed by atoms with van der Waals surface area (Å²) in [5.74, 6) is 2.21. The number of carbonyl (C=O) groups excluding carboxylic acids is 1. The third kappa shape index (κ3) is 5.64. The lowest BCUT2D eigenvalue weighted by molar-refractivity contribution is -0.142. The van der Waals surface area contributed by atoms with E-state index in [-0.39, 0.29) is 19.0 Å². The van der Waals surface area contributed by atoms with Crippen molar-refractivity contribution >= 4 is 5.97 Å². The van der Waals surface area contributed by atoms with E-state index in [0.717, 1.165) is 5.56 Å². The van der Waals surface area contributed by atoms with E-state index in [1.165, 1.54) is 0 Å². The van der Waals surface area contributed by atoms with Gasteiger partial charge >= 0.3 is 5.97 Å². The van der Waals surface area contributed by atoms with Crippen LogP contribution in [0.3, 0.4) is 0 Å². The van der Waals surface area contributed by atoms with Crippen LogP contribution >= 0.6 is 0 Å². The van der Waals surface area contributed by atoms with Gasteiger partial charge in [0.1, 0.15) is 18.1 Å². The van der Waals surface area contributed by atoms with Gasteiger partial charge in [-0.2, -0.15) is 0 Å². The van der Waals surface area contributed by atoms with Crippen molar-refractivity contribution in [3.05, 3.63) is 65.5 Å². The zero-order valence-electron chi connectivity index (χ0n) is 19.3. The molecule has 0 bridgehead atoms. The van der Waals surface area contributed by atoms with Gasteiger partial charge in [0, 0.05) is 24.0 Å². The van der Waals surface area contributed by atoms with Crippen molar-refractivity contribution in [3.63, 3.8) is 0 Å². The van der Waals surface area contributed by atoms with Crippen molar-refractivity contribution < 1.29 is 27.8 Å². The first-order valence-electron chi connectivity index (χ1n) is 11.0. The average Bonchev–Trinajstić information content (AvgIpc) is 3.55. The topological polar surface area (TPSA) is 115 Å². The first-order valence-corrected chi connectivity index (χ1v) is 11.0. The molecule has 0 saturated heterocycles. The number of pyridine rings is 1. The molecule has 4 heterocycles. The predicted molar refractivity (Wildman–Crippen MR) is 120 cm³/mol. The second-order valence-corrected chi connectivity index (χ2v) is 7.36. The minimum Gasteiger partial charge on any atom is -0.477 e. The minimum absolute atomic E-state index is 0.108. The highest BCUT2D eigenvalue weighted by Crippen LogP contribution is 2.23. The Morgan fingerprint density at radius 1 is 1.15 bits per heavy atom. The van der Waals surface area contributed by atoms with Gasteiger partial charge in [0.2, 0.25) is 11.8 Å². The Kier molecular flexibility index (Phi) is 7.26. The number of furan rings is 1. The van der Waals surface area contributed by atoms with Crippen LogP contribution in [0, 0.1) is 6.92 Å². The van der Waals surface area contributed by atoms with Gasteiger partial charge in [0.15, 0.2) is 5.76 Å². The van der Waals surface area contributed by atoms with Crippen molar-refractivity contribution in [2.45, 2.75) is 40.3 Å². The van der Waals surface area contributed by atoms with E-state index in [1.54, 1.807) is 48.5 Å². The smallest absolute Gasteiger partial charge is 0.310 e. The third-order valence-corrected chi connectivity index (χ3v) is 4.84.